The predicted octanol–water partition coefficient (Wildman–Crippen LogP) is 4.02. The Morgan fingerprint density at radius 3 is 2.19 bits per heavy atom. The van der Waals surface area contributed by atoms with E-state index in [0.29, 0.717) is 43.1 Å². The van der Waals surface area contributed by atoms with Gasteiger partial charge in [0.25, 0.3) is 5.91 Å². The van der Waals surface area contributed by atoms with Gasteiger partial charge >= 0.3 is 11.8 Å². The third kappa shape index (κ3) is 4.96. The van der Waals surface area contributed by atoms with Crippen LogP contribution in [-0.2, 0) is 0 Å². The molecular weight excluding hydrogens is 461 g/mol. The van der Waals surface area contributed by atoms with E-state index in [0.717, 1.165) is 24.6 Å². The summed E-state index contributed by atoms with van der Waals surface area (Å²) in [5.74, 6) is 0.0615. The van der Waals surface area contributed by atoms with E-state index in [-0.39, 0.29) is 17.7 Å². The van der Waals surface area contributed by atoms with Gasteiger partial charge in [-0.05, 0) is 67.6 Å². The van der Waals surface area contributed by atoms with E-state index < -0.39 is 5.82 Å². The van der Waals surface area contributed by atoms with Crippen LogP contribution in [-0.4, -0.2) is 71.0 Å². The molecule has 0 N–H and O–H groups in total. The third-order valence-electron chi connectivity index (χ3n) is 7.16. The second-order valence-corrected chi connectivity index (χ2v) is 9.69. The van der Waals surface area contributed by atoms with E-state index in [1.54, 1.807) is 28.9 Å². The topological polar surface area (TPSA) is 82.8 Å². The third-order valence-corrected chi connectivity index (χ3v) is 7.16. The number of carbonyl (C=O) groups excluding carboxylic acids is 2. The molecule has 188 valence electrons. The molecule has 0 atom stereocenters. The molecule has 0 spiro atoms. The van der Waals surface area contributed by atoms with Gasteiger partial charge in [0, 0.05) is 56.1 Å². The molecule has 2 aliphatic rings. The molecule has 0 radical (unpaired) electrons. The normalized spacial score (nSPS) is 16.9. The summed E-state index contributed by atoms with van der Waals surface area (Å²) in [4.78, 5) is 35.6. The summed E-state index contributed by atoms with van der Waals surface area (Å²) in [6.45, 7) is 7.42. The summed E-state index contributed by atoms with van der Waals surface area (Å²) >= 11 is 0. The fourth-order valence-electron chi connectivity index (χ4n) is 4.67. The van der Waals surface area contributed by atoms with E-state index in [4.69, 9.17) is 4.52 Å². The molecular formula is C27H30FN5O3. The highest BCUT2D eigenvalue weighted by Gasteiger charge is 2.29. The van der Waals surface area contributed by atoms with Gasteiger partial charge in [-0.2, -0.15) is 4.98 Å². The molecule has 3 aromatic rings. The van der Waals surface area contributed by atoms with Gasteiger partial charge in [0.05, 0.1) is 0 Å². The Labute approximate surface area is 209 Å². The highest BCUT2D eigenvalue weighted by atomic mass is 19.1. The lowest BCUT2D eigenvalue weighted by Gasteiger charge is -2.34. The molecule has 2 saturated heterocycles. The second-order valence-electron chi connectivity index (χ2n) is 9.69. The molecule has 8 nitrogen and oxygen atoms in total. The van der Waals surface area contributed by atoms with Crippen molar-refractivity contribution in [3.05, 3.63) is 65.3 Å². The Hall–Kier alpha value is -3.75. The minimum Gasteiger partial charge on any atom is -0.372 e. The van der Waals surface area contributed by atoms with Crippen LogP contribution in [0.25, 0.3) is 11.4 Å². The summed E-state index contributed by atoms with van der Waals surface area (Å²) in [5.41, 5.74) is 2.76. The van der Waals surface area contributed by atoms with Crippen LogP contribution in [0.1, 0.15) is 46.4 Å². The first-order valence-corrected chi connectivity index (χ1v) is 12.4. The number of halogens is 1. The second kappa shape index (κ2) is 10.1. The molecule has 36 heavy (non-hydrogen) atoms. The number of anilines is 1. The van der Waals surface area contributed by atoms with Gasteiger partial charge in [0.15, 0.2) is 0 Å². The van der Waals surface area contributed by atoms with E-state index in [9.17, 15) is 14.0 Å². The number of hydrogen-bond donors (Lipinski definition) is 0. The lowest BCUT2D eigenvalue weighted by molar-refractivity contribution is 0.0508. The van der Waals surface area contributed by atoms with Crippen LogP contribution >= 0.6 is 0 Å². The van der Waals surface area contributed by atoms with Crippen LogP contribution in [0.5, 0.6) is 0 Å². The maximum absolute atomic E-state index is 13.9. The first-order valence-electron chi connectivity index (χ1n) is 12.4. The van der Waals surface area contributed by atoms with Crippen molar-refractivity contribution in [2.75, 3.05) is 44.2 Å². The Morgan fingerprint density at radius 1 is 0.917 bits per heavy atom. The summed E-state index contributed by atoms with van der Waals surface area (Å²) in [6, 6.07) is 12.5. The number of piperidine rings is 1. The Bertz CT molecular complexity index is 1240. The summed E-state index contributed by atoms with van der Waals surface area (Å²) in [7, 11) is 0. The average molecular weight is 492 g/mol. The van der Waals surface area contributed by atoms with Crippen LogP contribution in [0.4, 0.5) is 10.1 Å². The first-order chi connectivity index (χ1) is 17.4. The highest BCUT2D eigenvalue weighted by molar-refractivity contribution is 5.95. The first kappa shape index (κ1) is 24.0. The summed E-state index contributed by atoms with van der Waals surface area (Å²) < 4.78 is 19.1. The minimum absolute atomic E-state index is 0.0699. The summed E-state index contributed by atoms with van der Waals surface area (Å²) in [6.07, 6.45) is 2.40. The number of hydrogen-bond acceptors (Lipinski definition) is 6. The zero-order chi connectivity index (χ0) is 25.2. The number of aromatic nitrogens is 2. The minimum atomic E-state index is -0.405. The maximum atomic E-state index is 13.9. The number of benzene rings is 2. The van der Waals surface area contributed by atoms with Crippen LogP contribution in [0.2, 0.25) is 0 Å². The quantitative estimate of drug-likeness (QED) is 0.548. The van der Waals surface area contributed by atoms with Gasteiger partial charge in [0.1, 0.15) is 5.82 Å². The van der Waals surface area contributed by atoms with Crippen LogP contribution < -0.4 is 4.90 Å². The molecule has 0 aliphatic carbocycles. The number of aryl methyl sites for hydroxylation is 1. The Balaban J connectivity index is 1.18. The standard InChI is InChI=1S/C27H30FN5O3/c1-18-9-11-31(12-10-18)22-7-5-20(6-8-22)24-29-25(36-30-24)27(35)33-15-13-32(14-16-33)26(34)21-4-3-19(2)23(28)17-21/h3-8,17-18H,9-16H2,1-2H3. The fraction of sp³-hybridized carbons (Fsp3) is 0.407. The van der Waals surface area contributed by atoms with Crippen molar-refractivity contribution in [1.29, 1.82) is 0 Å². The smallest absolute Gasteiger partial charge is 0.316 e. The molecule has 3 heterocycles. The van der Waals surface area contributed by atoms with Crippen molar-refractivity contribution in [2.45, 2.75) is 26.7 Å². The van der Waals surface area contributed by atoms with Crippen molar-refractivity contribution in [2.24, 2.45) is 5.92 Å². The molecule has 0 saturated carbocycles. The van der Waals surface area contributed by atoms with Crippen molar-refractivity contribution in [1.82, 2.24) is 19.9 Å². The van der Waals surface area contributed by atoms with E-state index in [2.05, 4.69) is 34.1 Å². The largest absolute Gasteiger partial charge is 0.372 e. The van der Waals surface area contributed by atoms with Gasteiger partial charge in [-0.3, -0.25) is 9.59 Å². The van der Waals surface area contributed by atoms with E-state index >= 15 is 0 Å². The average Bonchev–Trinajstić information content (AvgIpc) is 3.40. The number of amides is 2. The zero-order valence-electron chi connectivity index (χ0n) is 20.6. The molecule has 2 aliphatic heterocycles. The SMILES string of the molecule is Cc1ccc(C(=O)N2CCN(C(=O)c3nc(-c4ccc(N5CCC(C)CC5)cc4)no3)CC2)cc1F. The number of carbonyl (C=O) groups is 2. The zero-order valence-corrected chi connectivity index (χ0v) is 20.6. The van der Waals surface area contributed by atoms with E-state index in [1.807, 2.05) is 12.1 Å². The number of rotatable bonds is 4. The van der Waals surface area contributed by atoms with Crippen molar-refractivity contribution < 1.29 is 18.5 Å². The van der Waals surface area contributed by atoms with Crippen molar-refractivity contribution in [3.8, 4) is 11.4 Å². The molecule has 0 unspecified atom stereocenters. The monoisotopic (exact) mass is 491 g/mol. The number of nitrogens with zero attached hydrogens (tertiary/aromatic N) is 5. The predicted molar refractivity (Wildman–Crippen MR) is 133 cm³/mol. The van der Waals surface area contributed by atoms with Crippen LogP contribution in [0, 0.1) is 18.7 Å². The van der Waals surface area contributed by atoms with Gasteiger partial charge < -0.3 is 19.2 Å². The van der Waals surface area contributed by atoms with Crippen LogP contribution in [0.3, 0.4) is 0 Å². The van der Waals surface area contributed by atoms with Crippen molar-refractivity contribution in [3.63, 3.8) is 0 Å². The lowest BCUT2D eigenvalue weighted by atomic mass is 9.98. The van der Waals surface area contributed by atoms with Crippen LogP contribution in [0.15, 0.2) is 47.0 Å². The van der Waals surface area contributed by atoms with Gasteiger partial charge in [-0.25, -0.2) is 4.39 Å². The molecule has 5 rings (SSSR count). The van der Waals surface area contributed by atoms with Crippen molar-refractivity contribution >= 4 is 17.5 Å². The fourth-order valence-corrected chi connectivity index (χ4v) is 4.67. The van der Waals surface area contributed by atoms with Gasteiger partial charge in [-0.1, -0.05) is 18.1 Å². The number of piperazine rings is 1. The molecule has 0 bridgehead atoms. The summed E-state index contributed by atoms with van der Waals surface area (Å²) in [5, 5.41) is 4.01. The molecule has 2 amide bonds. The highest BCUT2D eigenvalue weighted by Crippen LogP contribution is 2.26. The maximum Gasteiger partial charge on any atom is 0.316 e. The Morgan fingerprint density at radius 2 is 1.56 bits per heavy atom. The van der Waals surface area contributed by atoms with Gasteiger partial charge in [0.2, 0.25) is 5.82 Å². The molecule has 2 aromatic carbocycles. The molecule has 1 aromatic heterocycles. The molecule has 9 heteroatoms. The lowest BCUT2D eigenvalue weighted by Crippen LogP contribution is -2.50. The molecule has 2 fully saturated rings. The van der Waals surface area contributed by atoms with E-state index in [1.165, 1.54) is 24.6 Å². The van der Waals surface area contributed by atoms with Gasteiger partial charge in [-0.15, -0.1) is 0 Å². The Kier molecular flexibility index (Phi) is 6.71.